The van der Waals surface area contributed by atoms with Crippen molar-refractivity contribution in [3.8, 4) is 0 Å². The van der Waals surface area contributed by atoms with Crippen molar-refractivity contribution in [2.45, 2.75) is 56.8 Å². The number of hydrogen-bond donors (Lipinski definition) is 2. The van der Waals surface area contributed by atoms with Gasteiger partial charge in [-0.05, 0) is 24.0 Å². The molecule has 0 heterocycles. The topological polar surface area (TPSA) is 57.5 Å². The highest BCUT2D eigenvalue weighted by molar-refractivity contribution is 5.82. The molecular formula is C17H24O3. The maximum Gasteiger partial charge on any atom is 0.314 e. The number of carbonyl (C=O) groups is 1. The van der Waals surface area contributed by atoms with E-state index in [1.54, 1.807) is 0 Å². The van der Waals surface area contributed by atoms with Gasteiger partial charge in [0.2, 0.25) is 0 Å². The van der Waals surface area contributed by atoms with Gasteiger partial charge in [0.15, 0.2) is 0 Å². The summed E-state index contributed by atoms with van der Waals surface area (Å²) in [5.74, 6) is -0.724. The van der Waals surface area contributed by atoms with Crippen LogP contribution in [0.15, 0.2) is 24.3 Å². The molecular weight excluding hydrogens is 252 g/mol. The van der Waals surface area contributed by atoms with Gasteiger partial charge in [-0.3, -0.25) is 4.79 Å². The van der Waals surface area contributed by atoms with Gasteiger partial charge >= 0.3 is 5.97 Å². The van der Waals surface area contributed by atoms with Crippen LogP contribution in [0, 0.1) is 0 Å². The lowest BCUT2D eigenvalue weighted by atomic mass is 9.65. The molecule has 0 atom stereocenters. The summed E-state index contributed by atoms with van der Waals surface area (Å²) in [6, 6.07) is 7.73. The lowest BCUT2D eigenvalue weighted by Gasteiger charge is -2.38. The zero-order valence-corrected chi connectivity index (χ0v) is 12.4. The Bertz CT molecular complexity index is 485. The maximum atomic E-state index is 12.0. The Labute approximate surface area is 120 Å². The number of benzene rings is 1. The summed E-state index contributed by atoms with van der Waals surface area (Å²) in [5.41, 5.74) is 0.663. The van der Waals surface area contributed by atoms with Gasteiger partial charge < -0.3 is 10.2 Å². The van der Waals surface area contributed by atoms with Crippen molar-refractivity contribution in [2.75, 3.05) is 6.61 Å². The summed E-state index contributed by atoms with van der Waals surface area (Å²) in [6.45, 7) is 3.94. The molecule has 1 fully saturated rings. The predicted octanol–water partition coefficient (Wildman–Crippen LogP) is 3.24. The van der Waals surface area contributed by atoms with Crippen LogP contribution < -0.4 is 0 Å². The quantitative estimate of drug-likeness (QED) is 0.887. The number of carboxylic acid groups (broad SMARTS) is 1. The molecule has 0 bridgehead atoms. The van der Waals surface area contributed by atoms with Gasteiger partial charge in [0.1, 0.15) is 0 Å². The summed E-state index contributed by atoms with van der Waals surface area (Å²) in [6.07, 6.45) is 4.42. The molecule has 3 heteroatoms. The van der Waals surface area contributed by atoms with Crippen molar-refractivity contribution < 1.29 is 15.0 Å². The molecule has 1 aromatic rings. The molecule has 2 N–H and O–H groups in total. The van der Waals surface area contributed by atoms with Crippen molar-refractivity contribution in [3.05, 3.63) is 35.4 Å². The van der Waals surface area contributed by atoms with E-state index in [1.165, 1.54) is 0 Å². The minimum Gasteiger partial charge on any atom is -0.481 e. The van der Waals surface area contributed by atoms with Crippen LogP contribution in [0.4, 0.5) is 0 Å². The standard InChI is InChI=1S/C17H24O3/c1-16(2,12-18)13-8-4-5-9-14(13)17(15(19)20)10-6-3-7-11-17/h4-5,8-9,18H,3,6-7,10-12H2,1-2H3,(H,19,20). The van der Waals surface area contributed by atoms with E-state index in [4.69, 9.17) is 0 Å². The lowest BCUT2D eigenvalue weighted by molar-refractivity contribution is -0.145. The van der Waals surface area contributed by atoms with Gasteiger partial charge in [0.25, 0.3) is 0 Å². The van der Waals surface area contributed by atoms with Gasteiger partial charge in [-0.25, -0.2) is 0 Å². The Balaban J connectivity index is 2.58. The number of aliphatic carboxylic acids is 1. The molecule has 0 unspecified atom stereocenters. The van der Waals surface area contributed by atoms with E-state index >= 15 is 0 Å². The molecule has 3 nitrogen and oxygen atoms in total. The van der Waals surface area contributed by atoms with Gasteiger partial charge in [-0.15, -0.1) is 0 Å². The fourth-order valence-electron chi connectivity index (χ4n) is 3.33. The summed E-state index contributed by atoms with van der Waals surface area (Å²) < 4.78 is 0. The zero-order chi connectivity index (χ0) is 14.8. The van der Waals surface area contributed by atoms with Crippen LogP contribution in [0.5, 0.6) is 0 Å². The Morgan fingerprint density at radius 2 is 1.80 bits per heavy atom. The Hall–Kier alpha value is -1.35. The number of carboxylic acids is 1. The first-order valence-electron chi connectivity index (χ1n) is 7.38. The van der Waals surface area contributed by atoms with E-state index in [9.17, 15) is 15.0 Å². The van der Waals surface area contributed by atoms with E-state index in [0.717, 1.165) is 30.4 Å². The van der Waals surface area contributed by atoms with Crippen molar-refractivity contribution in [2.24, 2.45) is 0 Å². The van der Waals surface area contributed by atoms with Crippen LogP contribution in [0.3, 0.4) is 0 Å². The van der Waals surface area contributed by atoms with E-state index in [0.29, 0.717) is 12.8 Å². The van der Waals surface area contributed by atoms with Crippen molar-refractivity contribution >= 4 is 5.97 Å². The monoisotopic (exact) mass is 276 g/mol. The van der Waals surface area contributed by atoms with Gasteiger partial charge in [-0.2, -0.15) is 0 Å². The first kappa shape index (κ1) is 15.0. The van der Waals surface area contributed by atoms with Gasteiger partial charge in [0.05, 0.1) is 12.0 Å². The average Bonchev–Trinajstić information content (AvgIpc) is 2.48. The molecule has 2 rings (SSSR count). The minimum atomic E-state index is -0.777. The highest BCUT2D eigenvalue weighted by atomic mass is 16.4. The van der Waals surface area contributed by atoms with Gasteiger partial charge in [-0.1, -0.05) is 57.4 Å². The molecule has 0 amide bonds. The maximum absolute atomic E-state index is 12.0. The Kier molecular flexibility index (Phi) is 4.19. The molecule has 0 spiro atoms. The zero-order valence-electron chi connectivity index (χ0n) is 12.4. The molecule has 1 aliphatic carbocycles. The molecule has 0 saturated heterocycles. The molecule has 0 aliphatic heterocycles. The molecule has 0 aromatic heterocycles. The number of hydrogen-bond acceptors (Lipinski definition) is 2. The lowest BCUT2D eigenvalue weighted by Crippen LogP contribution is -2.40. The fourth-order valence-corrected chi connectivity index (χ4v) is 3.33. The second-order valence-electron chi connectivity index (χ2n) is 6.54. The van der Waals surface area contributed by atoms with Crippen molar-refractivity contribution in [1.82, 2.24) is 0 Å². The largest absolute Gasteiger partial charge is 0.481 e. The first-order valence-corrected chi connectivity index (χ1v) is 7.38. The summed E-state index contributed by atoms with van der Waals surface area (Å²) in [5, 5.41) is 19.5. The Morgan fingerprint density at radius 1 is 1.20 bits per heavy atom. The van der Waals surface area contributed by atoms with Crippen LogP contribution in [0.2, 0.25) is 0 Å². The van der Waals surface area contributed by atoms with Crippen molar-refractivity contribution in [1.29, 1.82) is 0 Å². The van der Waals surface area contributed by atoms with E-state index in [2.05, 4.69) is 0 Å². The summed E-state index contributed by atoms with van der Waals surface area (Å²) in [4.78, 5) is 12.0. The smallest absolute Gasteiger partial charge is 0.314 e. The molecule has 0 radical (unpaired) electrons. The summed E-state index contributed by atoms with van der Waals surface area (Å²) >= 11 is 0. The Morgan fingerprint density at radius 3 is 2.35 bits per heavy atom. The number of rotatable bonds is 4. The highest BCUT2D eigenvalue weighted by Crippen LogP contribution is 2.43. The molecule has 1 aromatic carbocycles. The normalized spacial score (nSPS) is 18.8. The van der Waals surface area contributed by atoms with E-state index in [1.807, 2.05) is 38.1 Å². The first-order chi connectivity index (χ1) is 9.44. The second-order valence-corrected chi connectivity index (χ2v) is 6.54. The SMILES string of the molecule is CC(C)(CO)c1ccccc1C1(C(=O)O)CCCCC1. The molecule has 1 saturated carbocycles. The molecule has 1 aliphatic rings. The highest BCUT2D eigenvalue weighted by Gasteiger charge is 2.44. The van der Waals surface area contributed by atoms with Crippen LogP contribution in [0.1, 0.15) is 57.1 Å². The number of aliphatic hydroxyl groups is 1. The van der Waals surface area contributed by atoms with Crippen LogP contribution in [-0.2, 0) is 15.6 Å². The van der Waals surface area contributed by atoms with E-state index < -0.39 is 16.8 Å². The minimum absolute atomic E-state index is 0.0136. The second kappa shape index (κ2) is 5.57. The number of aliphatic hydroxyl groups excluding tert-OH is 1. The van der Waals surface area contributed by atoms with Crippen molar-refractivity contribution in [3.63, 3.8) is 0 Å². The third-order valence-electron chi connectivity index (χ3n) is 4.68. The average molecular weight is 276 g/mol. The predicted molar refractivity (Wildman–Crippen MR) is 79.0 cm³/mol. The third-order valence-corrected chi connectivity index (χ3v) is 4.68. The van der Waals surface area contributed by atoms with Crippen LogP contribution in [-0.4, -0.2) is 22.8 Å². The third kappa shape index (κ3) is 2.47. The fraction of sp³-hybridized carbons (Fsp3) is 0.588. The van der Waals surface area contributed by atoms with Crippen LogP contribution >= 0.6 is 0 Å². The van der Waals surface area contributed by atoms with Crippen LogP contribution in [0.25, 0.3) is 0 Å². The van der Waals surface area contributed by atoms with E-state index in [-0.39, 0.29) is 6.61 Å². The molecule has 110 valence electrons. The summed E-state index contributed by atoms with van der Waals surface area (Å²) in [7, 11) is 0. The molecule has 20 heavy (non-hydrogen) atoms. The van der Waals surface area contributed by atoms with Gasteiger partial charge in [0, 0.05) is 5.41 Å².